The van der Waals surface area contributed by atoms with Gasteiger partial charge in [-0.1, -0.05) is 0 Å². The number of ether oxygens (including phenoxy) is 1. The number of carbonyl (C=O) groups is 2. The van der Waals surface area contributed by atoms with Crippen LogP contribution < -0.4 is 5.32 Å². The molecule has 2 fully saturated rings. The second kappa shape index (κ2) is 5.75. The fourth-order valence-electron chi connectivity index (χ4n) is 2.75. The quantitative estimate of drug-likeness (QED) is 0.652. The van der Waals surface area contributed by atoms with Crippen LogP contribution in [0.3, 0.4) is 0 Å². The first-order valence-electron chi connectivity index (χ1n) is 6.53. The lowest BCUT2D eigenvalue weighted by molar-refractivity contribution is -0.140. The largest absolute Gasteiger partial charge is 0.480 e. The van der Waals surface area contributed by atoms with Crippen LogP contribution in [0, 0.1) is 5.41 Å². The van der Waals surface area contributed by atoms with Crippen LogP contribution >= 0.6 is 0 Å². The maximum Gasteiger partial charge on any atom is 0.328 e. The maximum absolute atomic E-state index is 12.0. The fraction of sp³-hybridized carbons (Fsp3) is 0.833. The van der Waals surface area contributed by atoms with E-state index in [1.807, 2.05) is 0 Å². The van der Waals surface area contributed by atoms with Gasteiger partial charge in [-0.15, -0.1) is 0 Å². The van der Waals surface area contributed by atoms with Crippen molar-refractivity contribution in [3.8, 4) is 0 Å². The van der Waals surface area contributed by atoms with Crippen molar-refractivity contribution in [3.05, 3.63) is 0 Å². The Bertz CT molecular complexity index is 354. The van der Waals surface area contributed by atoms with Crippen molar-refractivity contribution in [1.82, 2.24) is 10.2 Å². The number of amides is 2. The number of urea groups is 1. The van der Waals surface area contributed by atoms with Gasteiger partial charge in [-0.05, 0) is 24.7 Å². The molecule has 2 aliphatic heterocycles. The molecule has 2 amide bonds. The number of hydrogen-bond acceptors (Lipinski definition) is 4. The van der Waals surface area contributed by atoms with Gasteiger partial charge < -0.3 is 25.2 Å². The van der Waals surface area contributed by atoms with E-state index in [9.17, 15) is 9.59 Å². The Balaban J connectivity index is 1.89. The molecule has 0 aromatic carbocycles. The minimum Gasteiger partial charge on any atom is -0.480 e. The lowest BCUT2D eigenvalue weighted by Crippen LogP contribution is -2.49. The molecule has 0 aliphatic carbocycles. The smallest absolute Gasteiger partial charge is 0.328 e. The highest BCUT2D eigenvalue weighted by Gasteiger charge is 2.41. The maximum atomic E-state index is 12.0. The van der Waals surface area contributed by atoms with Crippen LogP contribution in [-0.4, -0.2) is 66.1 Å². The number of likely N-dealkylation sites (tertiary alicyclic amines) is 1. The molecular weight excluding hydrogens is 252 g/mol. The van der Waals surface area contributed by atoms with Crippen molar-refractivity contribution in [2.75, 3.05) is 32.9 Å². The molecule has 2 saturated heterocycles. The Morgan fingerprint density at radius 2 is 2.00 bits per heavy atom. The van der Waals surface area contributed by atoms with Gasteiger partial charge in [-0.3, -0.25) is 0 Å². The van der Waals surface area contributed by atoms with Crippen LogP contribution in [0.4, 0.5) is 4.79 Å². The molecule has 2 aliphatic rings. The van der Waals surface area contributed by atoms with Crippen LogP contribution in [0.2, 0.25) is 0 Å². The molecule has 0 bridgehead atoms. The first-order valence-corrected chi connectivity index (χ1v) is 6.53. The van der Waals surface area contributed by atoms with Crippen LogP contribution in [0.15, 0.2) is 0 Å². The summed E-state index contributed by atoms with van der Waals surface area (Å²) in [5, 5.41) is 20.0. The summed E-state index contributed by atoms with van der Waals surface area (Å²) in [7, 11) is 0. The van der Waals surface area contributed by atoms with E-state index in [-0.39, 0.29) is 5.41 Å². The van der Waals surface area contributed by atoms with E-state index in [4.69, 9.17) is 14.9 Å². The van der Waals surface area contributed by atoms with E-state index in [0.29, 0.717) is 13.1 Å². The van der Waals surface area contributed by atoms with Crippen molar-refractivity contribution in [2.45, 2.75) is 25.3 Å². The Morgan fingerprint density at radius 1 is 1.32 bits per heavy atom. The molecule has 2 rings (SSSR count). The zero-order valence-corrected chi connectivity index (χ0v) is 10.8. The molecule has 3 N–H and O–H groups in total. The number of nitrogens with zero attached hydrogens (tertiary/aromatic N) is 1. The molecule has 7 nitrogen and oxygen atoms in total. The second-order valence-corrected chi connectivity index (χ2v) is 5.31. The second-order valence-electron chi connectivity index (χ2n) is 5.31. The van der Waals surface area contributed by atoms with Crippen molar-refractivity contribution in [2.24, 2.45) is 5.41 Å². The van der Waals surface area contributed by atoms with Crippen LogP contribution in [0.1, 0.15) is 19.3 Å². The normalized spacial score (nSPS) is 23.3. The minimum absolute atomic E-state index is 0.132. The molecular formula is C12H20N2O5. The third kappa shape index (κ3) is 3.16. The summed E-state index contributed by atoms with van der Waals surface area (Å²) in [5.74, 6) is -1.23. The summed E-state index contributed by atoms with van der Waals surface area (Å²) in [5.41, 5.74) is 0.132. The summed E-state index contributed by atoms with van der Waals surface area (Å²) >= 11 is 0. The first-order chi connectivity index (χ1) is 9.06. The van der Waals surface area contributed by atoms with Crippen LogP contribution in [-0.2, 0) is 9.53 Å². The molecule has 19 heavy (non-hydrogen) atoms. The van der Waals surface area contributed by atoms with Gasteiger partial charge in [0.25, 0.3) is 0 Å². The van der Waals surface area contributed by atoms with Gasteiger partial charge in [0.15, 0.2) is 6.04 Å². The fourth-order valence-corrected chi connectivity index (χ4v) is 2.75. The van der Waals surface area contributed by atoms with Crippen LogP contribution in [0.25, 0.3) is 0 Å². The number of rotatable bonds is 3. The average molecular weight is 272 g/mol. The standard InChI is InChI=1S/C12H20N2O5/c15-7-9(10(16)17)13-11(18)14-4-1-12(8-14)2-5-19-6-3-12/h9,15H,1-8H2,(H,13,18)(H,16,17)/t9-/m0/s1. The predicted molar refractivity (Wildman–Crippen MR) is 65.7 cm³/mol. The molecule has 108 valence electrons. The molecule has 1 atom stereocenters. The average Bonchev–Trinajstić information content (AvgIpc) is 2.80. The monoisotopic (exact) mass is 272 g/mol. The summed E-state index contributed by atoms with van der Waals surface area (Å²) in [6.07, 6.45) is 2.82. The summed E-state index contributed by atoms with van der Waals surface area (Å²) in [6, 6.07) is -1.65. The zero-order chi connectivity index (χ0) is 13.9. The number of carboxylic acids is 1. The third-order valence-electron chi connectivity index (χ3n) is 4.06. The van der Waals surface area contributed by atoms with Crippen molar-refractivity contribution in [3.63, 3.8) is 0 Å². The minimum atomic E-state index is -1.24. The van der Waals surface area contributed by atoms with E-state index < -0.39 is 24.6 Å². The molecule has 7 heteroatoms. The molecule has 0 aromatic heterocycles. The summed E-state index contributed by atoms with van der Waals surface area (Å²) in [6.45, 7) is 2.12. The predicted octanol–water partition coefficient (Wildman–Crippen LogP) is -0.356. The van der Waals surface area contributed by atoms with E-state index >= 15 is 0 Å². The Labute approximate surface area is 111 Å². The number of hydrogen-bond donors (Lipinski definition) is 3. The summed E-state index contributed by atoms with van der Waals surface area (Å²) in [4.78, 5) is 24.4. The highest BCUT2D eigenvalue weighted by atomic mass is 16.5. The zero-order valence-electron chi connectivity index (χ0n) is 10.8. The summed E-state index contributed by atoms with van der Waals surface area (Å²) < 4.78 is 5.34. The van der Waals surface area contributed by atoms with Gasteiger partial charge in [0, 0.05) is 26.3 Å². The number of aliphatic carboxylic acids is 1. The highest BCUT2D eigenvalue weighted by Crippen LogP contribution is 2.39. The van der Waals surface area contributed by atoms with Gasteiger partial charge in [-0.2, -0.15) is 0 Å². The molecule has 0 unspecified atom stereocenters. The Hall–Kier alpha value is -1.34. The van der Waals surface area contributed by atoms with Crippen molar-refractivity contribution < 1.29 is 24.5 Å². The van der Waals surface area contributed by atoms with E-state index in [1.165, 1.54) is 0 Å². The molecule has 0 radical (unpaired) electrons. The highest BCUT2D eigenvalue weighted by molar-refractivity contribution is 5.82. The van der Waals surface area contributed by atoms with E-state index in [0.717, 1.165) is 32.5 Å². The molecule has 1 spiro atoms. The number of aliphatic hydroxyl groups is 1. The SMILES string of the molecule is O=C(O)[C@H](CO)NC(=O)N1CCC2(CCOCC2)C1. The van der Waals surface area contributed by atoms with Gasteiger partial charge in [-0.25, -0.2) is 9.59 Å². The van der Waals surface area contributed by atoms with Crippen molar-refractivity contribution in [1.29, 1.82) is 0 Å². The molecule has 2 heterocycles. The first kappa shape index (κ1) is 14.1. The van der Waals surface area contributed by atoms with Crippen LogP contribution in [0.5, 0.6) is 0 Å². The lowest BCUT2D eigenvalue weighted by Gasteiger charge is -2.33. The Morgan fingerprint density at radius 3 is 2.58 bits per heavy atom. The molecule has 0 saturated carbocycles. The van der Waals surface area contributed by atoms with Gasteiger partial charge in [0.2, 0.25) is 0 Å². The number of nitrogens with one attached hydrogen (secondary N) is 1. The van der Waals surface area contributed by atoms with E-state index in [2.05, 4.69) is 5.32 Å². The van der Waals surface area contributed by atoms with Gasteiger partial charge in [0.05, 0.1) is 6.61 Å². The van der Waals surface area contributed by atoms with Gasteiger partial charge in [0.1, 0.15) is 0 Å². The third-order valence-corrected chi connectivity index (χ3v) is 4.06. The topological polar surface area (TPSA) is 99.1 Å². The van der Waals surface area contributed by atoms with Crippen molar-refractivity contribution >= 4 is 12.0 Å². The lowest BCUT2D eigenvalue weighted by atomic mass is 9.80. The van der Waals surface area contributed by atoms with Gasteiger partial charge >= 0.3 is 12.0 Å². The number of carboxylic acid groups (broad SMARTS) is 1. The number of aliphatic hydroxyl groups excluding tert-OH is 1. The number of carbonyl (C=O) groups excluding carboxylic acids is 1. The van der Waals surface area contributed by atoms with E-state index in [1.54, 1.807) is 4.90 Å². The Kier molecular flexibility index (Phi) is 4.26. The molecule has 0 aromatic rings.